The summed E-state index contributed by atoms with van der Waals surface area (Å²) in [5.74, 6) is 0.880. The molecule has 2 aromatic carbocycles. The third kappa shape index (κ3) is 7.24. The van der Waals surface area contributed by atoms with Crippen molar-refractivity contribution < 1.29 is 23.8 Å². The summed E-state index contributed by atoms with van der Waals surface area (Å²) in [6.07, 6.45) is 5.17. The second-order valence-corrected chi connectivity index (χ2v) is 10.2. The van der Waals surface area contributed by atoms with E-state index >= 15 is 0 Å². The molecule has 0 spiro atoms. The number of carbonyl (C=O) groups excluding carboxylic acids is 2. The molecule has 1 amide bonds. The molecule has 3 fully saturated rings. The number of ether oxygens (including phenoxy) is 3. The Morgan fingerprint density at radius 2 is 1.76 bits per heavy atom. The number of rotatable bonds is 9. The maximum Gasteiger partial charge on any atom is 0.338 e. The first-order valence-corrected chi connectivity index (χ1v) is 13.3. The Bertz CT molecular complexity index is 1030. The van der Waals surface area contributed by atoms with E-state index in [9.17, 15) is 9.59 Å². The molecule has 2 saturated heterocycles. The zero-order valence-electron chi connectivity index (χ0n) is 21.3. The average Bonchev–Trinajstić information content (AvgIpc) is 3.61. The first-order chi connectivity index (χ1) is 17.6. The fraction of sp³-hybridized carbons (Fsp3) is 0.517. The maximum absolute atomic E-state index is 12.7. The fourth-order valence-corrected chi connectivity index (χ4v) is 4.97. The standard InChI is InChI=1S/C29H36N2O5.ClH/c1-19(31-28(32)26-5-3-17-34-26)27(22-10-8-21(9-11-22)20-6-7-20)35-24-14-12-23(13-15-24)29(33)36-25-4-2-16-30-18-25;/h8-15,19-20,25-27,30H,2-7,16-18H2,1H3,(H,31,32);1H/t19?,25-,26-,27?;/m0./s1. The third-order valence-corrected chi connectivity index (χ3v) is 7.24. The zero-order valence-corrected chi connectivity index (χ0v) is 22.1. The van der Waals surface area contributed by atoms with Crippen molar-refractivity contribution in [2.45, 2.75) is 75.7 Å². The number of hydrogen-bond donors (Lipinski definition) is 2. The van der Waals surface area contributed by atoms with Crippen LogP contribution in [0.1, 0.15) is 79.0 Å². The second-order valence-electron chi connectivity index (χ2n) is 10.2. The summed E-state index contributed by atoms with van der Waals surface area (Å²) >= 11 is 0. The summed E-state index contributed by atoms with van der Waals surface area (Å²) in [7, 11) is 0. The molecule has 3 aliphatic rings. The average molecular weight is 529 g/mol. The minimum absolute atomic E-state index is 0. The minimum atomic E-state index is -0.394. The molecule has 1 aliphatic carbocycles. The van der Waals surface area contributed by atoms with Crippen molar-refractivity contribution in [3.05, 3.63) is 65.2 Å². The Morgan fingerprint density at radius 1 is 1.00 bits per heavy atom. The lowest BCUT2D eigenvalue weighted by atomic mass is 10.00. The second kappa shape index (κ2) is 12.8. The van der Waals surface area contributed by atoms with Crippen molar-refractivity contribution in [1.82, 2.24) is 10.6 Å². The van der Waals surface area contributed by atoms with Gasteiger partial charge in [-0.05, 0) is 93.3 Å². The van der Waals surface area contributed by atoms with Crippen molar-refractivity contribution in [2.75, 3.05) is 19.7 Å². The lowest BCUT2D eigenvalue weighted by molar-refractivity contribution is -0.131. The summed E-state index contributed by atoms with van der Waals surface area (Å²) in [4.78, 5) is 25.3. The topological polar surface area (TPSA) is 85.9 Å². The molecule has 8 heteroatoms. The highest BCUT2D eigenvalue weighted by Crippen LogP contribution is 2.40. The quantitative estimate of drug-likeness (QED) is 0.459. The van der Waals surface area contributed by atoms with E-state index in [0.29, 0.717) is 30.4 Å². The van der Waals surface area contributed by atoms with E-state index in [1.165, 1.54) is 18.4 Å². The zero-order chi connectivity index (χ0) is 24.9. The van der Waals surface area contributed by atoms with Crippen LogP contribution in [0, 0.1) is 0 Å². The van der Waals surface area contributed by atoms with E-state index in [2.05, 4.69) is 34.9 Å². The molecule has 2 N–H and O–H groups in total. The van der Waals surface area contributed by atoms with Crippen molar-refractivity contribution in [3.63, 3.8) is 0 Å². The summed E-state index contributed by atoms with van der Waals surface area (Å²) in [6, 6.07) is 15.3. The van der Waals surface area contributed by atoms with Gasteiger partial charge in [0.1, 0.15) is 24.1 Å². The number of piperidine rings is 1. The van der Waals surface area contributed by atoms with Crippen molar-refractivity contribution in [3.8, 4) is 5.75 Å². The van der Waals surface area contributed by atoms with Crippen molar-refractivity contribution in [2.24, 2.45) is 0 Å². The largest absolute Gasteiger partial charge is 0.484 e. The molecule has 1 saturated carbocycles. The van der Waals surface area contributed by atoms with E-state index < -0.39 is 12.2 Å². The fourth-order valence-electron chi connectivity index (χ4n) is 4.97. The van der Waals surface area contributed by atoms with Gasteiger partial charge in [-0.2, -0.15) is 0 Å². The Morgan fingerprint density at radius 3 is 2.38 bits per heavy atom. The molecule has 0 aromatic heterocycles. The van der Waals surface area contributed by atoms with Crippen molar-refractivity contribution >= 4 is 24.3 Å². The summed E-state index contributed by atoms with van der Waals surface area (Å²) in [5, 5.41) is 6.35. The molecular formula is C29H37ClN2O5. The lowest BCUT2D eigenvalue weighted by Gasteiger charge is -2.27. The van der Waals surface area contributed by atoms with E-state index in [0.717, 1.165) is 37.8 Å². The van der Waals surface area contributed by atoms with Crippen LogP contribution in [-0.4, -0.2) is 49.8 Å². The number of nitrogens with one attached hydrogen (secondary N) is 2. The van der Waals surface area contributed by atoms with E-state index in [1.54, 1.807) is 24.3 Å². The van der Waals surface area contributed by atoms with Gasteiger partial charge in [0.25, 0.3) is 0 Å². The molecule has 0 radical (unpaired) electrons. The van der Waals surface area contributed by atoms with Crippen LogP contribution in [0.3, 0.4) is 0 Å². The van der Waals surface area contributed by atoms with Gasteiger partial charge in [-0.3, -0.25) is 4.79 Å². The molecule has 2 aliphatic heterocycles. The monoisotopic (exact) mass is 528 g/mol. The van der Waals surface area contributed by atoms with E-state index in [4.69, 9.17) is 14.2 Å². The van der Waals surface area contributed by atoms with Gasteiger partial charge in [0.15, 0.2) is 0 Å². The number of hydrogen-bond acceptors (Lipinski definition) is 6. The van der Waals surface area contributed by atoms with Gasteiger partial charge in [0, 0.05) is 13.2 Å². The predicted octanol–water partition coefficient (Wildman–Crippen LogP) is 4.70. The minimum Gasteiger partial charge on any atom is -0.484 e. The number of esters is 1. The molecule has 2 aromatic rings. The van der Waals surface area contributed by atoms with Gasteiger partial charge in [0.2, 0.25) is 5.91 Å². The van der Waals surface area contributed by atoms with Gasteiger partial charge >= 0.3 is 5.97 Å². The predicted molar refractivity (Wildman–Crippen MR) is 143 cm³/mol. The lowest BCUT2D eigenvalue weighted by Crippen LogP contribution is -2.44. The summed E-state index contributed by atoms with van der Waals surface area (Å²) < 4.78 is 17.6. The first-order valence-electron chi connectivity index (χ1n) is 13.3. The Kier molecular flexibility index (Phi) is 9.46. The Labute approximate surface area is 225 Å². The highest BCUT2D eigenvalue weighted by molar-refractivity contribution is 5.89. The summed E-state index contributed by atoms with van der Waals surface area (Å²) in [6.45, 7) is 4.25. The van der Waals surface area contributed by atoms with Crippen LogP contribution in [0.5, 0.6) is 5.75 Å². The van der Waals surface area contributed by atoms with Gasteiger partial charge in [-0.25, -0.2) is 4.79 Å². The number of amides is 1. The third-order valence-electron chi connectivity index (χ3n) is 7.24. The Hall–Kier alpha value is -2.61. The van der Waals surface area contributed by atoms with Gasteiger partial charge in [-0.15, -0.1) is 12.4 Å². The summed E-state index contributed by atoms with van der Waals surface area (Å²) in [5.41, 5.74) is 2.84. The molecule has 2 heterocycles. The SMILES string of the molecule is CC(NC(=O)[C@@H]1CCCO1)C(Oc1ccc(C(=O)O[C@H]2CCCNC2)cc1)c1ccc(C2CC2)cc1.Cl. The van der Waals surface area contributed by atoms with Crippen LogP contribution < -0.4 is 15.4 Å². The smallest absolute Gasteiger partial charge is 0.338 e. The molecule has 4 atom stereocenters. The molecule has 37 heavy (non-hydrogen) atoms. The van der Waals surface area contributed by atoms with Crippen molar-refractivity contribution in [1.29, 1.82) is 0 Å². The van der Waals surface area contributed by atoms with E-state index in [1.807, 2.05) is 6.92 Å². The highest BCUT2D eigenvalue weighted by Gasteiger charge is 2.30. The van der Waals surface area contributed by atoms with Crippen LogP contribution in [0.25, 0.3) is 0 Å². The van der Waals surface area contributed by atoms with Crippen LogP contribution in [-0.2, 0) is 14.3 Å². The first kappa shape index (κ1) is 27.4. The number of halogens is 1. The van der Waals surface area contributed by atoms with Crippen LogP contribution in [0.4, 0.5) is 0 Å². The molecule has 0 bridgehead atoms. The number of benzene rings is 2. The van der Waals surface area contributed by atoms with Gasteiger partial charge in [0.05, 0.1) is 11.6 Å². The molecule has 200 valence electrons. The van der Waals surface area contributed by atoms with E-state index in [-0.39, 0.29) is 36.4 Å². The maximum atomic E-state index is 12.7. The van der Waals surface area contributed by atoms with Crippen LogP contribution in [0.15, 0.2) is 48.5 Å². The van der Waals surface area contributed by atoms with Gasteiger partial charge < -0.3 is 24.8 Å². The number of carbonyl (C=O) groups is 2. The van der Waals surface area contributed by atoms with Crippen LogP contribution in [0.2, 0.25) is 0 Å². The highest BCUT2D eigenvalue weighted by atomic mass is 35.5. The molecule has 2 unspecified atom stereocenters. The van der Waals surface area contributed by atoms with Crippen LogP contribution >= 0.6 is 12.4 Å². The molecular weight excluding hydrogens is 492 g/mol. The molecule has 7 nitrogen and oxygen atoms in total. The normalized spacial score (nSPS) is 22.8. The van der Waals surface area contributed by atoms with Gasteiger partial charge in [-0.1, -0.05) is 24.3 Å². The Balaban J connectivity index is 0.00000320. The molecule has 5 rings (SSSR count).